The van der Waals surface area contributed by atoms with Gasteiger partial charge in [0.15, 0.2) is 0 Å². The highest BCUT2D eigenvalue weighted by Gasteiger charge is 2.17. The van der Waals surface area contributed by atoms with Gasteiger partial charge in [-0.05, 0) is 18.2 Å². The molecule has 0 atom stereocenters. The first kappa shape index (κ1) is 17.7. The van der Waals surface area contributed by atoms with Gasteiger partial charge in [-0.1, -0.05) is 15.9 Å². The summed E-state index contributed by atoms with van der Waals surface area (Å²) in [6.45, 7) is 0.0291. The molecule has 0 aliphatic heterocycles. The van der Waals surface area contributed by atoms with Gasteiger partial charge >= 0.3 is 0 Å². The van der Waals surface area contributed by atoms with E-state index in [1.807, 2.05) is 0 Å². The van der Waals surface area contributed by atoms with Crippen LogP contribution in [0.2, 0.25) is 0 Å². The second-order valence-corrected chi connectivity index (χ2v) is 5.10. The molecule has 0 aliphatic carbocycles. The number of nitrogens with zero attached hydrogens (tertiary/aromatic N) is 2. The Morgan fingerprint density at radius 3 is 2.32 bits per heavy atom. The highest BCUT2D eigenvalue weighted by atomic mass is 79.9. The van der Waals surface area contributed by atoms with E-state index in [1.54, 1.807) is 39.3 Å². The number of nitrogen functional groups attached to an aromatic ring is 1. The molecule has 0 spiro atoms. The minimum absolute atomic E-state index is 0. The van der Waals surface area contributed by atoms with E-state index in [-0.39, 0.29) is 30.8 Å². The van der Waals surface area contributed by atoms with Crippen molar-refractivity contribution in [2.75, 3.05) is 33.4 Å². The number of amides is 2. The number of benzene rings is 1. The Hall–Kier alpha value is -1.27. The Balaban J connectivity index is 0.00000324. The summed E-state index contributed by atoms with van der Waals surface area (Å²) in [4.78, 5) is 26.4. The molecule has 1 aromatic rings. The van der Waals surface area contributed by atoms with Gasteiger partial charge in [-0.25, -0.2) is 0 Å². The van der Waals surface area contributed by atoms with Crippen LogP contribution in [0.5, 0.6) is 0 Å². The van der Waals surface area contributed by atoms with Crippen molar-refractivity contribution < 1.29 is 9.59 Å². The Bertz CT molecular complexity index is 480. The second-order valence-electron chi connectivity index (χ2n) is 4.18. The van der Waals surface area contributed by atoms with Gasteiger partial charge in [0.25, 0.3) is 5.91 Å². The molecule has 2 N–H and O–H groups in total. The van der Waals surface area contributed by atoms with Crippen molar-refractivity contribution >= 4 is 45.8 Å². The molecule has 5 nitrogen and oxygen atoms in total. The number of hydrogen-bond acceptors (Lipinski definition) is 3. The molecular weight excluding hydrogens is 334 g/mol. The quantitative estimate of drug-likeness (QED) is 0.842. The zero-order valence-electron chi connectivity index (χ0n) is 11.0. The maximum absolute atomic E-state index is 12.1. The van der Waals surface area contributed by atoms with Crippen LogP contribution >= 0.6 is 28.3 Å². The third-order valence-electron chi connectivity index (χ3n) is 2.46. The van der Waals surface area contributed by atoms with Crippen molar-refractivity contribution in [3.63, 3.8) is 0 Å². The van der Waals surface area contributed by atoms with E-state index in [0.717, 1.165) is 4.47 Å². The van der Waals surface area contributed by atoms with E-state index in [2.05, 4.69) is 15.9 Å². The predicted octanol–water partition coefficient (Wildman–Crippen LogP) is 1.61. The molecule has 0 aromatic heterocycles. The van der Waals surface area contributed by atoms with Crippen molar-refractivity contribution in [2.45, 2.75) is 0 Å². The van der Waals surface area contributed by atoms with Crippen LogP contribution in [0.1, 0.15) is 10.4 Å². The molecule has 1 aromatic carbocycles. The lowest BCUT2D eigenvalue weighted by atomic mass is 10.1. The highest BCUT2D eigenvalue weighted by molar-refractivity contribution is 9.10. The summed E-state index contributed by atoms with van der Waals surface area (Å²) < 4.78 is 0.809. The monoisotopic (exact) mass is 349 g/mol. The van der Waals surface area contributed by atoms with Gasteiger partial charge in [-0.2, -0.15) is 0 Å². The van der Waals surface area contributed by atoms with E-state index in [1.165, 1.54) is 9.80 Å². The molecule has 106 valence electrons. The fourth-order valence-corrected chi connectivity index (χ4v) is 1.73. The Morgan fingerprint density at radius 2 is 1.84 bits per heavy atom. The van der Waals surface area contributed by atoms with Crippen LogP contribution in [0.4, 0.5) is 5.69 Å². The minimum Gasteiger partial charge on any atom is -0.398 e. The van der Waals surface area contributed by atoms with E-state index in [9.17, 15) is 9.59 Å². The first-order valence-electron chi connectivity index (χ1n) is 5.33. The van der Waals surface area contributed by atoms with Gasteiger partial charge < -0.3 is 15.5 Å². The van der Waals surface area contributed by atoms with Gasteiger partial charge in [-0.3, -0.25) is 9.59 Å². The van der Waals surface area contributed by atoms with Gasteiger partial charge in [-0.15, -0.1) is 12.4 Å². The topological polar surface area (TPSA) is 66.6 Å². The molecule has 0 bridgehead atoms. The zero-order chi connectivity index (χ0) is 13.9. The van der Waals surface area contributed by atoms with Crippen molar-refractivity contribution in [3.8, 4) is 0 Å². The Labute approximate surface area is 127 Å². The summed E-state index contributed by atoms with van der Waals surface area (Å²) in [6, 6.07) is 5.04. The van der Waals surface area contributed by atoms with Crippen LogP contribution in [-0.2, 0) is 4.79 Å². The fourth-order valence-electron chi connectivity index (χ4n) is 1.35. The molecule has 19 heavy (non-hydrogen) atoms. The molecular formula is C12H17BrClN3O2. The SMILES string of the molecule is CN(C)C(=O)CN(C)C(=O)c1ccc(Br)cc1N.Cl. The number of rotatable bonds is 3. The summed E-state index contributed by atoms with van der Waals surface area (Å²) in [6.07, 6.45) is 0. The maximum Gasteiger partial charge on any atom is 0.256 e. The molecule has 1 rings (SSSR count). The van der Waals surface area contributed by atoms with Crippen LogP contribution < -0.4 is 5.73 Å². The lowest BCUT2D eigenvalue weighted by Crippen LogP contribution is -2.38. The molecule has 0 heterocycles. The average molecular weight is 351 g/mol. The van der Waals surface area contributed by atoms with Crippen LogP contribution in [0.3, 0.4) is 0 Å². The van der Waals surface area contributed by atoms with Crippen LogP contribution in [0.15, 0.2) is 22.7 Å². The average Bonchev–Trinajstić information content (AvgIpc) is 2.27. The van der Waals surface area contributed by atoms with Gasteiger partial charge in [0, 0.05) is 31.3 Å². The van der Waals surface area contributed by atoms with Crippen LogP contribution in [0.25, 0.3) is 0 Å². The largest absolute Gasteiger partial charge is 0.398 e. The first-order valence-corrected chi connectivity index (χ1v) is 6.13. The van der Waals surface area contributed by atoms with E-state index < -0.39 is 0 Å². The molecule has 0 saturated carbocycles. The number of carbonyl (C=O) groups excluding carboxylic acids is 2. The highest BCUT2D eigenvalue weighted by Crippen LogP contribution is 2.19. The smallest absolute Gasteiger partial charge is 0.256 e. The molecule has 0 saturated heterocycles. The van der Waals surface area contributed by atoms with Crippen LogP contribution in [0, 0.1) is 0 Å². The van der Waals surface area contributed by atoms with Crippen molar-refractivity contribution in [3.05, 3.63) is 28.2 Å². The lowest BCUT2D eigenvalue weighted by molar-refractivity contribution is -0.129. The molecule has 0 unspecified atom stereocenters. The molecule has 0 aliphatic rings. The minimum atomic E-state index is -0.268. The fraction of sp³-hybridized carbons (Fsp3) is 0.333. The van der Waals surface area contributed by atoms with Gasteiger partial charge in [0.1, 0.15) is 0 Å². The number of nitrogens with two attached hydrogens (primary N) is 1. The first-order chi connectivity index (χ1) is 8.32. The third kappa shape index (κ3) is 4.72. The van der Waals surface area contributed by atoms with Crippen molar-refractivity contribution in [1.29, 1.82) is 0 Å². The van der Waals surface area contributed by atoms with Gasteiger partial charge in [0.05, 0.1) is 12.1 Å². The Kier molecular flexibility index (Phi) is 6.86. The normalized spacial score (nSPS) is 9.47. The standard InChI is InChI=1S/C12H16BrN3O2.ClH/c1-15(2)11(17)7-16(3)12(18)9-5-4-8(13)6-10(9)14;/h4-6H,7,14H2,1-3H3;1H. The molecule has 0 radical (unpaired) electrons. The van der Waals surface area contributed by atoms with Crippen molar-refractivity contribution in [2.24, 2.45) is 0 Å². The zero-order valence-corrected chi connectivity index (χ0v) is 13.4. The summed E-state index contributed by atoms with van der Waals surface area (Å²) >= 11 is 3.28. The molecule has 2 amide bonds. The molecule has 0 fully saturated rings. The van der Waals surface area contributed by atoms with Crippen molar-refractivity contribution in [1.82, 2.24) is 9.80 Å². The van der Waals surface area contributed by atoms with E-state index in [4.69, 9.17) is 5.73 Å². The number of halogens is 2. The third-order valence-corrected chi connectivity index (χ3v) is 2.96. The summed E-state index contributed by atoms with van der Waals surface area (Å²) in [5, 5.41) is 0. The van der Waals surface area contributed by atoms with Crippen LogP contribution in [-0.4, -0.2) is 49.3 Å². The van der Waals surface area contributed by atoms with E-state index >= 15 is 0 Å². The number of anilines is 1. The Morgan fingerprint density at radius 1 is 1.26 bits per heavy atom. The summed E-state index contributed by atoms with van der Waals surface area (Å²) in [7, 11) is 4.87. The number of hydrogen-bond donors (Lipinski definition) is 1. The lowest BCUT2D eigenvalue weighted by Gasteiger charge is -2.20. The molecule has 7 heteroatoms. The predicted molar refractivity (Wildman–Crippen MR) is 81.5 cm³/mol. The number of carbonyl (C=O) groups is 2. The maximum atomic E-state index is 12.1. The summed E-state index contributed by atoms with van der Waals surface area (Å²) in [5.41, 5.74) is 6.56. The second kappa shape index (κ2) is 7.35. The van der Waals surface area contributed by atoms with E-state index in [0.29, 0.717) is 11.3 Å². The summed E-state index contributed by atoms with van der Waals surface area (Å²) in [5.74, 6) is -0.406. The van der Waals surface area contributed by atoms with Gasteiger partial charge in [0.2, 0.25) is 5.91 Å². The number of likely N-dealkylation sites (N-methyl/N-ethyl adjacent to an activating group) is 2.